The number of rotatable bonds is 9. The Bertz CT molecular complexity index is 1060. The normalized spacial score (nSPS) is 14.4. The molecule has 1 aliphatic rings. The van der Waals surface area contributed by atoms with Crippen molar-refractivity contribution in [1.82, 2.24) is 0 Å². The lowest BCUT2D eigenvalue weighted by Crippen LogP contribution is -2.42. The van der Waals surface area contributed by atoms with E-state index in [1.165, 1.54) is 17.0 Å². The zero-order valence-corrected chi connectivity index (χ0v) is 18.4. The fourth-order valence-electron chi connectivity index (χ4n) is 3.44. The minimum atomic E-state index is -1.63. The number of nitrogens with two attached hydrogens (primary N) is 1. The van der Waals surface area contributed by atoms with Crippen molar-refractivity contribution in [2.24, 2.45) is 5.73 Å². The third-order valence-corrected chi connectivity index (χ3v) is 5.20. The van der Waals surface area contributed by atoms with E-state index in [2.05, 4.69) is 5.32 Å². The van der Waals surface area contributed by atoms with Crippen LogP contribution in [-0.4, -0.2) is 72.8 Å². The lowest BCUT2D eigenvalue weighted by Gasteiger charge is -2.29. The highest BCUT2D eigenvalue weighted by molar-refractivity contribution is 6.02. The van der Waals surface area contributed by atoms with Gasteiger partial charge < -0.3 is 35.8 Å². The third kappa shape index (κ3) is 6.16. The van der Waals surface area contributed by atoms with E-state index >= 15 is 0 Å². The number of carbonyl (C=O) groups is 3. The predicted molar refractivity (Wildman–Crippen MR) is 126 cm³/mol. The molecule has 6 N–H and O–H groups in total. The molecule has 3 rings (SSSR count). The van der Waals surface area contributed by atoms with E-state index < -0.39 is 24.3 Å². The van der Waals surface area contributed by atoms with Crippen LogP contribution >= 0.6 is 0 Å². The second kappa shape index (κ2) is 11.4. The Morgan fingerprint density at radius 1 is 1.24 bits per heavy atom. The Hall–Kier alpha value is -3.80. The molecule has 1 fully saturated rings. The molecule has 0 bridgehead atoms. The number of morpholine rings is 1. The van der Waals surface area contributed by atoms with Crippen molar-refractivity contribution in [3.05, 3.63) is 54.1 Å². The SMILES string of the molecule is N=C(N)c1ccc(NC(=O)C(O)CC(=O)N(CCO)c2cccc(N3CCOCC3=O)c2)cc1. The molecule has 1 atom stereocenters. The van der Waals surface area contributed by atoms with Gasteiger partial charge in [-0.2, -0.15) is 0 Å². The standard InChI is InChI=1S/C23H27N5O6/c24-22(25)15-4-6-16(7-5-15)26-23(33)19(30)13-20(31)27(8-10-29)17-2-1-3-18(12-17)28-9-11-34-14-21(28)32/h1-7,12,19,29-30H,8-11,13-14H2,(H3,24,25)(H,26,33). The highest BCUT2D eigenvalue weighted by Gasteiger charge is 2.25. The summed E-state index contributed by atoms with van der Waals surface area (Å²) >= 11 is 0. The largest absolute Gasteiger partial charge is 0.395 e. The van der Waals surface area contributed by atoms with Gasteiger partial charge in [0.2, 0.25) is 5.91 Å². The molecule has 1 saturated heterocycles. The van der Waals surface area contributed by atoms with E-state index in [1.54, 1.807) is 41.3 Å². The van der Waals surface area contributed by atoms with Gasteiger partial charge in [-0.25, -0.2) is 0 Å². The number of amides is 3. The molecule has 2 aromatic carbocycles. The highest BCUT2D eigenvalue weighted by atomic mass is 16.5. The van der Waals surface area contributed by atoms with Crippen LogP contribution in [0.25, 0.3) is 0 Å². The van der Waals surface area contributed by atoms with Crippen LogP contribution < -0.4 is 20.9 Å². The van der Waals surface area contributed by atoms with E-state index in [-0.39, 0.29) is 31.5 Å². The van der Waals surface area contributed by atoms with Crippen molar-refractivity contribution in [2.45, 2.75) is 12.5 Å². The lowest BCUT2D eigenvalue weighted by molar-refractivity contribution is -0.129. The molecule has 0 radical (unpaired) electrons. The first-order valence-electron chi connectivity index (χ1n) is 10.6. The maximum absolute atomic E-state index is 12.9. The molecule has 0 aliphatic carbocycles. The average Bonchev–Trinajstić information content (AvgIpc) is 2.83. The molecule has 1 aliphatic heterocycles. The van der Waals surface area contributed by atoms with E-state index in [0.717, 1.165) is 0 Å². The fraction of sp³-hybridized carbons (Fsp3) is 0.304. The molecular formula is C23H27N5O6. The maximum Gasteiger partial charge on any atom is 0.253 e. The van der Waals surface area contributed by atoms with Gasteiger partial charge >= 0.3 is 0 Å². The van der Waals surface area contributed by atoms with E-state index in [4.69, 9.17) is 15.9 Å². The van der Waals surface area contributed by atoms with Gasteiger partial charge in [-0.1, -0.05) is 6.07 Å². The number of aliphatic hydroxyl groups is 2. The van der Waals surface area contributed by atoms with Crippen LogP contribution in [0.15, 0.2) is 48.5 Å². The van der Waals surface area contributed by atoms with Crippen LogP contribution in [0, 0.1) is 5.41 Å². The van der Waals surface area contributed by atoms with Crippen molar-refractivity contribution in [2.75, 3.05) is 48.0 Å². The van der Waals surface area contributed by atoms with Crippen LogP contribution in [0.3, 0.4) is 0 Å². The lowest BCUT2D eigenvalue weighted by atomic mass is 10.1. The molecule has 34 heavy (non-hydrogen) atoms. The van der Waals surface area contributed by atoms with Crippen molar-refractivity contribution < 1.29 is 29.3 Å². The molecule has 1 heterocycles. The van der Waals surface area contributed by atoms with Gasteiger partial charge in [0.25, 0.3) is 11.8 Å². The van der Waals surface area contributed by atoms with Gasteiger partial charge in [-0.05, 0) is 42.5 Å². The Morgan fingerprint density at radius 2 is 1.97 bits per heavy atom. The summed E-state index contributed by atoms with van der Waals surface area (Å²) in [6.07, 6.45) is -2.15. The van der Waals surface area contributed by atoms with E-state index in [1.807, 2.05) is 0 Å². The van der Waals surface area contributed by atoms with Crippen molar-refractivity contribution >= 4 is 40.6 Å². The van der Waals surface area contributed by atoms with Crippen LogP contribution in [0.5, 0.6) is 0 Å². The summed E-state index contributed by atoms with van der Waals surface area (Å²) in [5, 5.41) is 29.7. The van der Waals surface area contributed by atoms with Gasteiger partial charge in [-0.3, -0.25) is 19.8 Å². The van der Waals surface area contributed by atoms with Crippen molar-refractivity contribution in [3.63, 3.8) is 0 Å². The molecule has 11 heteroatoms. The number of nitrogen functional groups attached to an aromatic ring is 1. The Balaban J connectivity index is 1.68. The van der Waals surface area contributed by atoms with Crippen molar-refractivity contribution in [3.8, 4) is 0 Å². The number of amidine groups is 1. The summed E-state index contributed by atoms with van der Waals surface area (Å²) in [4.78, 5) is 40.2. The Labute approximate surface area is 196 Å². The monoisotopic (exact) mass is 469 g/mol. The topological polar surface area (TPSA) is 169 Å². The molecule has 0 aromatic heterocycles. The molecular weight excluding hydrogens is 442 g/mol. The zero-order valence-electron chi connectivity index (χ0n) is 18.4. The number of aliphatic hydroxyl groups excluding tert-OH is 2. The summed E-state index contributed by atoms with van der Waals surface area (Å²) in [5.74, 6) is -1.67. The number of nitrogens with one attached hydrogen (secondary N) is 2. The minimum absolute atomic E-state index is 0.0255. The van der Waals surface area contributed by atoms with E-state index in [9.17, 15) is 24.6 Å². The summed E-state index contributed by atoms with van der Waals surface area (Å²) in [5.41, 5.74) is 7.25. The van der Waals surface area contributed by atoms with Crippen molar-refractivity contribution in [1.29, 1.82) is 5.41 Å². The second-order valence-corrected chi connectivity index (χ2v) is 7.59. The fourth-order valence-corrected chi connectivity index (χ4v) is 3.44. The predicted octanol–water partition coefficient (Wildman–Crippen LogP) is 0.0489. The van der Waals surface area contributed by atoms with Gasteiger partial charge in [0, 0.05) is 35.7 Å². The smallest absolute Gasteiger partial charge is 0.253 e. The van der Waals surface area contributed by atoms with Crippen LogP contribution in [0.2, 0.25) is 0 Å². The summed E-state index contributed by atoms with van der Waals surface area (Å²) in [6.45, 7) is 0.357. The maximum atomic E-state index is 12.9. The first kappa shape index (κ1) is 24.8. The van der Waals surface area contributed by atoms with Gasteiger partial charge in [-0.15, -0.1) is 0 Å². The third-order valence-electron chi connectivity index (χ3n) is 5.20. The first-order chi connectivity index (χ1) is 16.3. The number of ether oxygens (including phenoxy) is 1. The number of hydrogen-bond acceptors (Lipinski definition) is 7. The summed E-state index contributed by atoms with van der Waals surface area (Å²) in [7, 11) is 0. The summed E-state index contributed by atoms with van der Waals surface area (Å²) < 4.78 is 5.14. The highest BCUT2D eigenvalue weighted by Crippen LogP contribution is 2.24. The average molecular weight is 469 g/mol. The number of hydrogen-bond donors (Lipinski definition) is 5. The molecule has 0 saturated carbocycles. The quantitative estimate of drug-likeness (QED) is 0.255. The number of nitrogens with zero attached hydrogens (tertiary/aromatic N) is 2. The van der Waals surface area contributed by atoms with Crippen LogP contribution in [-0.2, 0) is 19.1 Å². The molecule has 3 amide bonds. The van der Waals surface area contributed by atoms with Crippen LogP contribution in [0.4, 0.5) is 17.1 Å². The van der Waals surface area contributed by atoms with Crippen LogP contribution in [0.1, 0.15) is 12.0 Å². The molecule has 0 spiro atoms. The number of benzene rings is 2. The molecule has 11 nitrogen and oxygen atoms in total. The molecule has 1 unspecified atom stereocenters. The van der Waals surface area contributed by atoms with Gasteiger partial charge in [0.05, 0.1) is 19.6 Å². The second-order valence-electron chi connectivity index (χ2n) is 7.59. The van der Waals surface area contributed by atoms with E-state index in [0.29, 0.717) is 35.8 Å². The molecule has 2 aromatic rings. The minimum Gasteiger partial charge on any atom is -0.395 e. The van der Waals surface area contributed by atoms with Gasteiger partial charge in [0.1, 0.15) is 18.5 Å². The Kier molecular flexibility index (Phi) is 8.30. The Morgan fingerprint density at radius 3 is 2.62 bits per heavy atom. The number of anilines is 3. The summed E-state index contributed by atoms with van der Waals surface area (Å²) in [6, 6.07) is 12.8. The first-order valence-corrected chi connectivity index (χ1v) is 10.6. The zero-order chi connectivity index (χ0) is 24.7. The van der Waals surface area contributed by atoms with Gasteiger partial charge in [0.15, 0.2) is 0 Å². The number of carbonyl (C=O) groups excluding carboxylic acids is 3. The molecule has 180 valence electrons.